The molecule has 8 heteroatoms. The van der Waals surface area contributed by atoms with Crippen molar-refractivity contribution in [3.63, 3.8) is 0 Å². The zero-order chi connectivity index (χ0) is 18.0. The molecule has 132 valence electrons. The van der Waals surface area contributed by atoms with Crippen molar-refractivity contribution < 1.29 is 14.0 Å². The van der Waals surface area contributed by atoms with Gasteiger partial charge in [0.15, 0.2) is 5.82 Å². The van der Waals surface area contributed by atoms with Crippen molar-refractivity contribution in [2.45, 2.75) is 19.8 Å². The average molecular weight is 345 g/mol. The highest BCUT2D eigenvalue weighted by Gasteiger charge is 2.19. The molecule has 0 aliphatic carbocycles. The molecule has 1 aromatic carbocycles. The van der Waals surface area contributed by atoms with Gasteiger partial charge >= 0.3 is 11.8 Å². The number of hydrogen-bond acceptors (Lipinski definition) is 4. The van der Waals surface area contributed by atoms with Gasteiger partial charge in [0.2, 0.25) is 0 Å². The van der Waals surface area contributed by atoms with Crippen LogP contribution in [0.15, 0.2) is 24.3 Å². The van der Waals surface area contributed by atoms with Gasteiger partial charge in [0.1, 0.15) is 5.82 Å². The fraction of sp³-hybridized carbons (Fsp3) is 0.353. The van der Waals surface area contributed by atoms with Crippen molar-refractivity contribution in [2.75, 3.05) is 28.6 Å². The zero-order valence-corrected chi connectivity index (χ0v) is 14.2. The maximum Gasteiger partial charge on any atom is 0.315 e. The van der Waals surface area contributed by atoms with Gasteiger partial charge in [-0.3, -0.25) is 14.3 Å². The van der Waals surface area contributed by atoms with Gasteiger partial charge in [-0.25, -0.2) is 4.39 Å². The van der Waals surface area contributed by atoms with Crippen LogP contribution in [-0.4, -0.2) is 34.7 Å². The van der Waals surface area contributed by atoms with E-state index in [4.69, 9.17) is 0 Å². The van der Waals surface area contributed by atoms with E-state index in [1.54, 1.807) is 29.9 Å². The van der Waals surface area contributed by atoms with Crippen LogP contribution >= 0.6 is 0 Å². The minimum Gasteiger partial charge on any atom is -0.369 e. The van der Waals surface area contributed by atoms with Crippen LogP contribution in [0.2, 0.25) is 0 Å². The maximum atomic E-state index is 14.2. The largest absolute Gasteiger partial charge is 0.369 e. The molecule has 0 unspecified atom stereocenters. The molecule has 2 heterocycles. The van der Waals surface area contributed by atoms with Gasteiger partial charge in [-0.15, -0.1) is 0 Å². The number of benzene rings is 1. The lowest BCUT2D eigenvalue weighted by Crippen LogP contribution is -2.29. The third-order valence-electron chi connectivity index (χ3n) is 4.21. The highest BCUT2D eigenvalue weighted by molar-refractivity contribution is 6.43. The van der Waals surface area contributed by atoms with Crippen molar-refractivity contribution in [3.05, 3.63) is 35.8 Å². The van der Waals surface area contributed by atoms with E-state index < -0.39 is 17.6 Å². The Balaban J connectivity index is 1.63. The molecule has 1 fully saturated rings. The third kappa shape index (κ3) is 3.78. The number of carbonyl (C=O) groups is 2. The summed E-state index contributed by atoms with van der Waals surface area (Å²) in [4.78, 5) is 25.9. The van der Waals surface area contributed by atoms with E-state index in [-0.39, 0.29) is 11.5 Å². The van der Waals surface area contributed by atoms with Gasteiger partial charge in [0.25, 0.3) is 0 Å². The lowest BCUT2D eigenvalue weighted by molar-refractivity contribution is -0.133. The fourth-order valence-corrected chi connectivity index (χ4v) is 2.78. The van der Waals surface area contributed by atoms with Gasteiger partial charge in [0.05, 0.1) is 5.69 Å². The second kappa shape index (κ2) is 6.92. The predicted octanol–water partition coefficient (Wildman–Crippen LogP) is 2.05. The van der Waals surface area contributed by atoms with Gasteiger partial charge in [-0.1, -0.05) is 0 Å². The molecule has 2 aromatic rings. The lowest BCUT2D eigenvalue weighted by atomic mass is 10.2. The van der Waals surface area contributed by atoms with Gasteiger partial charge in [-0.2, -0.15) is 5.10 Å². The van der Waals surface area contributed by atoms with E-state index in [1.165, 1.54) is 6.07 Å². The molecule has 25 heavy (non-hydrogen) atoms. The first-order valence-corrected chi connectivity index (χ1v) is 8.11. The van der Waals surface area contributed by atoms with Crippen molar-refractivity contribution in [1.29, 1.82) is 0 Å². The van der Waals surface area contributed by atoms with Crippen LogP contribution < -0.4 is 15.5 Å². The van der Waals surface area contributed by atoms with Crippen LogP contribution in [0.4, 0.5) is 21.6 Å². The molecule has 1 aliphatic heterocycles. The Morgan fingerprint density at radius 3 is 2.40 bits per heavy atom. The normalized spacial score (nSPS) is 13.8. The fourth-order valence-electron chi connectivity index (χ4n) is 2.78. The maximum absolute atomic E-state index is 14.2. The molecule has 2 N–H and O–H groups in total. The molecule has 1 aliphatic rings. The Bertz CT molecular complexity index is 792. The number of aromatic nitrogens is 2. The van der Waals surface area contributed by atoms with Crippen LogP contribution in [0, 0.1) is 12.7 Å². The van der Waals surface area contributed by atoms with Crippen LogP contribution in [0.3, 0.4) is 0 Å². The summed E-state index contributed by atoms with van der Waals surface area (Å²) in [5.74, 6) is -1.87. The molecule has 2 amide bonds. The molecule has 1 saturated heterocycles. The smallest absolute Gasteiger partial charge is 0.315 e. The van der Waals surface area contributed by atoms with Crippen LogP contribution in [-0.2, 0) is 16.6 Å². The minimum atomic E-state index is -0.878. The van der Waals surface area contributed by atoms with Crippen molar-refractivity contribution >= 4 is 29.0 Å². The van der Waals surface area contributed by atoms with Gasteiger partial charge < -0.3 is 15.5 Å². The lowest BCUT2D eigenvalue weighted by Gasteiger charge is -2.18. The van der Waals surface area contributed by atoms with E-state index in [9.17, 15) is 14.0 Å². The molecule has 3 rings (SSSR count). The minimum absolute atomic E-state index is 0.234. The second-order valence-electron chi connectivity index (χ2n) is 6.06. The summed E-state index contributed by atoms with van der Waals surface area (Å²) in [6, 6.07) is 6.09. The van der Waals surface area contributed by atoms with Gasteiger partial charge in [0, 0.05) is 37.6 Å². The number of carbonyl (C=O) groups excluding carboxylic acids is 2. The van der Waals surface area contributed by atoms with Crippen molar-refractivity contribution in [2.24, 2.45) is 7.05 Å². The van der Waals surface area contributed by atoms with Crippen LogP contribution in [0.5, 0.6) is 0 Å². The predicted molar refractivity (Wildman–Crippen MR) is 93.1 cm³/mol. The van der Waals surface area contributed by atoms with E-state index in [2.05, 4.69) is 15.7 Å². The number of nitrogens with zero attached hydrogens (tertiary/aromatic N) is 3. The Kier molecular flexibility index (Phi) is 4.69. The van der Waals surface area contributed by atoms with Crippen LogP contribution in [0.1, 0.15) is 18.5 Å². The number of halogens is 1. The molecule has 0 radical (unpaired) electrons. The highest BCUT2D eigenvalue weighted by Crippen LogP contribution is 2.26. The number of amides is 2. The quantitative estimate of drug-likeness (QED) is 0.835. The summed E-state index contributed by atoms with van der Waals surface area (Å²) < 4.78 is 15.8. The molecular formula is C17H20FN5O2. The summed E-state index contributed by atoms with van der Waals surface area (Å²) in [5.41, 5.74) is 1.59. The summed E-state index contributed by atoms with van der Waals surface area (Å²) >= 11 is 0. The summed E-state index contributed by atoms with van der Waals surface area (Å²) in [6.07, 6.45) is 2.09. The SMILES string of the molecule is Cc1cc(NC(=O)C(=O)Nc2ccc(N3CCCC3)c(F)c2)nn1C. The van der Waals surface area contributed by atoms with Crippen molar-refractivity contribution in [3.8, 4) is 0 Å². The van der Waals surface area contributed by atoms with E-state index in [1.807, 2.05) is 11.8 Å². The van der Waals surface area contributed by atoms with E-state index in [0.717, 1.165) is 31.6 Å². The van der Waals surface area contributed by atoms with Crippen molar-refractivity contribution in [1.82, 2.24) is 9.78 Å². The molecule has 1 aromatic heterocycles. The molecule has 0 atom stereocenters. The Morgan fingerprint density at radius 2 is 1.80 bits per heavy atom. The number of aryl methyl sites for hydroxylation is 2. The highest BCUT2D eigenvalue weighted by atomic mass is 19.1. The Hall–Kier alpha value is -2.90. The molecule has 0 spiro atoms. The monoisotopic (exact) mass is 345 g/mol. The van der Waals surface area contributed by atoms with Gasteiger partial charge in [-0.05, 0) is 38.0 Å². The molecular weight excluding hydrogens is 325 g/mol. The first-order chi connectivity index (χ1) is 11.9. The molecule has 7 nitrogen and oxygen atoms in total. The Labute approximate surface area is 144 Å². The average Bonchev–Trinajstić information content (AvgIpc) is 3.18. The summed E-state index contributed by atoms with van der Waals surface area (Å²) in [7, 11) is 1.73. The number of anilines is 3. The third-order valence-corrected chi connectivity index (χ3v) is 4.21. The Morgan fingerprint density at radius 1 is 1.12 bits per heavy atom. The number of rotatable bonds is 3. The molecule has 0 saturated carbocycles. The first-order valence-electron chi connectivity index (χ1n) is 8.11. The second-order valence-corrected chi connectivity index (χ2v) is 6.06. The topological polar surface area (TPSA) is 79.3 Å². The van der Waals surface area contributed by atoms with E-state index in [0.29, 0.717) is 5.69 Å². The summed E-state index contributed by atoms with van der Waals surface area (Å²) in [5, 5.41) is 8.86. The number of hydrogen-bond donors (Lipinski definition) is 2. The molecule has 0 bridgehead atoms. The number of nitrogens with one attached hydrogen (secondary N) is 2. The summed E-state index contributed by atoms with van der Waals surface area (Å²) in [6.45, 7) is 3.48. The zero-order valence-electron chi connectivity index (χ0n) is 14.2. The van der Waals surface area contributed by atoms with E-state index >= 15 is 0 Å². The first kappa shape index (κ1) is 16.9. The standard InChI is InChI=1S/C17H20FN5O2/c1-11-9-15(21-22(11)2)20-17(25)16(24)19-12-5-6-14(13(18)10-12)23-7-3-4-8-23/h5-6,9-10H,3-4,7-8H2,1-2H3,(H,19,24)(H,20,21,25). The van der Waals surface area contributed by atoms with Crippen LogP contribution in [0.25, 0.3) is 0 Å².